The topological polar surface area (TPSA) is 117 Å². The van der Waals surface area contributed by atoms with Crippen molar-refractivity contribution in [2.75, 3.05) is 37.0 Å². The number of pyridine rings is 1. The average molecular weight is 388 g/mol. The second-order valence-electron chi connectivity index (χ2n) is 6.42. The summed E-state index contributed by atoms with van der Waals surface area (Å²) in [6.07, 6.45) is 1.57. The quantitative estimate of drug-likeness (QED) is 0.394. The van der Waals surface area contributed by atoms with E-state index >= 15 is 0 Å². The molecule has 1 saturated heterocycles. The van der Waals surface area contributed by atoms with E-state index in [0.29, 0.717) is 36.9 Å². The first kappa shape index (κ1) is 17.7. The van der Waals surface area contributed by atoms with Gasteiger partial charge in [0.15, 0.2) is 0 Å². The lowest BCUT2D eigenvalue weighted by atomic mass is 10.1. The zero-order valence-electron chi connectivity index (χ0n) is 15.4. The Bertz CT molecular complexity index is 1040. The smallest absolute Gasteiger partial charge is 0.324 e. The van der Waals surface area contributed by atoms with Crippen LogP contribution in [0.2, 0.25) is 0 Å². The molecule has 0 bridgehead atoms. The van der Waals surface area contributed by atoms with E-state index in [4.69, 9.17) is 15.0 Å². The highest BCUT2D eigenvalue weighted by molar-refractivity contribution is 7.21. The van der Waals surface area contributed by atoms with Crippen LogP contribution >= 0.6 is 11.3 Å². The second kappa shape index (κ2) is 6.78. The summed E-state index contributed by atoms with van der Waals surface area (Å²) in [5.74, 6) is -0.337. The molecule has 4 heterocycles. The molecule has 1 fully saturated rings. The van der Waals surface area contributed by atoms with Gasteiger partial charge in [0.05, 0.1) is 41.7 Å². The molecule has 142 valence electrons. The largest absolute Gasteiger partial charge is 0.857 e. The maximum absolute atomic E-state index is 12.7. The predicted octanol–water partition coefficient (Wildman–Crippen LogP) is 0.486. The number of fused-ring (bicyclic) bond motifs is 1. The molecular formula is C17H20N6O3S. The summed E-state index contributed by atoms with van der Waals surface area (Å²) in [6.45, 7) is 8.56. The fourth-order valence-electron chi connectivity index (χ4n) is 3.05. The predicted molar refractivity (Wildman–Crippen MR) is 99.9 cm³/mol. The first-order chi connectivity index (χ1) is 13.0. The second-order valence-corrected chi connectivity index (χ2v) is 7.41. The van der Waals surface area contributed by atoms with Crippen LogP contribution < -0.4 is 20.6 Å². The Labute approximate surface area is 159 Å². The van der Waals surface area contributed by atoms with Gasteiger partial charge in [0.2, 0.25) is 5.27 Å². The zero-order valence-corrected chi connectivity index (χ0v) is 16.2. The van der Waals surface area contributed by atoms with E-state index < -0.39 is 5.90 Å². The minimum absolute atomic E-state index is 0.125. The molecule has 3 aromatic rings. The van der Waals surface area contributed by atoms with Crippen molar-refractivity contribution in [3.05, 3.63) is 27.9 Å². The van der Waals surface area contributed by atoms with Gasteiger partial charge in [-0.15, -0.1) is 16.3 Å². The molecule has 0 spiro atoms. The third-order valence-corrected chi connectivity index (χ3v) is 5.89. The third kappa shape index (κ3) is 3.10. The average Bonchev–Trinajstić information content (AvgIpc) is 3.25. The van der Waals surface area contributed by atoms with Crippen LogP contribution in [0.25, 0.3) is 10.2 Å². The van der Waals surface area contributed by atoms with Gasteiger partial charge in [-0.25, -0.2) is 9.98 Å². The Balaban J connectivity index is 1.68. The lowest BCUT2D eigenvalue weighted by Crippen LogP contribution is -2.62. The molecule has 0 unspecified atom stereocenters. The number of ether oxygens (including phenoxy) is 1. The van der Waals surface area contributed by atoms with Gasteiger partial charge < -0.3 is 15.6 Å². The summed E-state index contributed by atoms with van der Waals surface area (Å²) in [5, 5.41) is 19.4. The fourth-order valence-corrected chi connectivity index (χ4v) is 4.13. The van der Waals surface area contributed by atoms with Crippen LogP contribution in [-0.4, -0.2) is 42.5 Å². The van der Waals surface area contributed by atoms with Crippen LogP contribution in [0.4, 0.5) is 11.6 Å². The molecule has 27 heavy (non-hydrogen) atoms. The third-order valence-electron chi connectivity index (χ3n) is 4.80. The molecule has 0 saturated carbocycles. The van der Waals surface area contributed by atoms with E-state index in [1.54, 1.807) is 11.0 Å². The Morgan fingerprint density at radius 2 is 2.04 bits per heavy atom. The number of thiophene rings is 1. The van der Waals surface area contributed by atoms with Crippen molar-refractivity contribution in [2.24, 2.45) is 4.99 Å². The first-order valence-corrected chi connectivity index (χ1v) is 9.41. The molecular weight excluding hydrogens is 368 g/mol. The normalized spacial score (nSPS) is 15.7. The highest BCUT2D eigenvalue weighted by Crippen LogP contribution is 2.36. The number of aromatic nitrogens is 3. The molecule has 10 heteroatoms. The maximum Gasteiger partial charge on any atom is 0.324 e. The Morgan fingerprint density at radius 3 is 2.78 bits per heavy atom. The number of aliphatic imine (C=N–C) groups is 1. The number of aryl methyl sites for hydroxylation is 2. The van der Waals surface area contributed by atoms with E-state index in [1.807, 2.05) is 25.8 Å². The molecule has 0 radical (unpaired) electrons. The van der Waals surface area contributed by atoms with E-state index in [9.17, 15) is 5.11 Å². The molecule has 4 rings (SSSR count). The van der Waals surface area contributed by atoms with Crippen molar-refractivity contribution in [3.8, 4) is 0 Å². The van der Waals surface area contributed by atoms with Gasteiger partial charge in [0.25, 0.3) is 6.20 Å². The minimum atomic E-state index is -0.463. The van der Waals surface area contributed by atoms with E-state index in [1.165, 1.54) is 11.3 Å². The van der Waals surface area contributed by atoms with Crippen molar-refractivity contribution in [3.63, 3.8) is 0 Å². The van der Waals surface area contributed by atoms with Crippen molar-refractivity contribution in [1.82, 2.24) is 10.3 Å². The molecule has 0 atom stereocenters. The van der Waals surface area contributed by atoms with E-state index in [0.717, 1.165) is 27.0 Å². The summed E-state index contributed by atoms with van der Waals surface area (Å²) >= 11 is 1.25. The summed E-state index contributed by atoms with van der Waals surface area (Å²) in [7, 11) is 0. The summed E-state index contributed by atoms with van der Waals surface area (Å²) in [4.78, 5) is 11.2. The van der Waals surface area contributed by atoms with Crippen LogP contribution in [0.1, 0.15) is 21.7 Å². The Kier molecular flexibility index (Phi) is 4.44. The molecule has 0 amide bonds. The number of anilines is 1. The van der Waals surface area contributed by atoms with Crippen molar-refractivity contribution >= 4 is 39.0 Å². The SMILES string of the molecule is Cc1nc2sc(/C([O-])=N/c3c[n+](N4CCOCC4)no3)c(N)c2c(C)c1C. The summed E-state index contributed by atoms with van der Waals surface area (Å²) in [6, 6.07) is 0. The van der Waals surface area contributed by atoms with Gasteiger partial charge in [-0.3, -0.25) is 4.52 Å². The molecule has 9 nitrogen and oxygen atoms in total. The molecule has 0 aromatic carbocycles. The Hall–Kier alpha value is -2.72. The Morgan fingerprint density at radius 1 is 1.30 bits per heavy atom. The van der Waals surface area contributed by atoms with Gasteiger partial charge in [-0.05, 0) is 31.9 Å². The van der Waals surface area contributed by atoms with Crippen molar-refractivity contribution in [2.45, 2.75) is 20.8 Å². The lowest BCUT2D eigenvalue weighted by molar-refractivity contribution is -0.759. The van der Waals surface area contributed by atoms with Gasteiger partial charge in [0.1, 0.15) is 4.83 Å². The number of nitrogens with two attached hydrogens (primary N) is 1. The number of morpholine rings is 1. The number of hydrogen-bond donors (Lipinski definition) is 1. The molecule has 0 aliphatic carbocycles. The van der Waals surface area contributed by atoms with E-state index in [2.05, 4.69) is 15.2 Å². The van der Waals surface area contributed by atoms with Gasteiger partial charge in [0, 0.05) is 17.0 Å². The summed E-state index contributed by atoms with van der Waals surface area (Å²) < 4.78 is 10.5. The highest BCUT2D eigenvalue weighted by atomic mass is 32.1. The molecule has 3 aromatic heterocycles. The van der Waals surface area contributed by atoms with Gasteiger partial charge in [-0.2, -0.15) is 0 Å². The molecule has 1 aliphatic heterocycles. The first-order valence-electron chi connectivity index (χ1n) is 8.59. The zero-order chi connectivity index (χ0) is 19.1. The van der Waals surface area contributed by atoms with Crippen LogP contribution in [0.3, 0.4) is 0 Å². The van der Waals surface area contributed by atoms with Gasteiger partial charge >= 0.3 is 5.88 Å². The maximum atomic E-state index is 12.7. The fraction of sp³-hybridized carbons (Fsp3) is 0.412. The number of rotatable bonds is 3. The highest BCUT2D eigenvalue weighted by Gasteiger charge is 2.23. The van der Waals surface area contributed by atoms with Crippen LogP contribution in [0.5, 0.6) is 0 Å². The molecule has 1 aliphatic rings. The van der Waals surface area contributed by atoms with E-state index in [-0.39, 0.29) is 5.88 Å². The van der Waals surface area contributed by atoms with Crippen molar-refractivity contribution < 1.29 is 19.2 Å². The summed E-state index contributed by atoms with van der Waals surface area (Å²) in [5.41, 5.74) is 9.71. The molecule has 2 N–H and O–H groups in total. The van der Waals surface area contributed by atoms with Crippen LogP contribution in [-0.2, 0) is 4.74 Å². The lowest BCUT2D eigenvalue weighted by Gasteiger charge is -2.18. The van der Waals surface area contributed by atoms with Crippen molar-refractivity contribution in [1.29, 1.82) is 0 Å². The van der Waals surface area contributed by atoms with Crippen LogP contribution in [0, 0.1) is 20.8 Å². The number of nitrogen functional groups attached to an aromatic ring is 1. The minimum Gasteiger partial charge on any atom is -0.857 e. The van der Waals surface area contributed by atoms with Crippen LogP contribution in [0.15, 0.2) is 15.7 Å². The van der Waals surface area contributed by atoms with Gasteiger partial charge in [-0.1, -0.05) is 0 Å². The monoisotopic (exact) mass is 388 g/mol. The number of hydrogen-bond acceptors (Lipinski definition) is 9. The standard InChI is InChI=1S/C17H20N6O3S/c1-9-10(2)13-14(18)15(27-17(13)19-11(9)3)16(24)20-12-8-23(21-26-12)22-4-6-25-7-5-22/h8H,4-7H2,1-3H3,(H2-,18,20,21,24). The number of nitrogens with zero attached hydrogens (tertiary/aromatic N) is 5.